The zero-order chi connectivity index (χ0) is 13.7. The summed E-state index contributed by atoms with van der Waals surface area (Å²) in [4.78, 5) is 14.1. The summed E-state index contributed by atoms with van der Waals surface area (Å²) < 4.78 is 0.826. The molecule has 2 rings (SSSR count). The van der Waals surface area contributed by atoms with Crippen LogP contribution in [0.4, 0.5) is 5.13 Å². The van der Waals surface area contributed by atoms with Crippen molar-refractivity contribution in [2.24, 2.45) is 0 Å². The summed E-state index contributed by atoms with van der Waals surface area (Å²) in [6, 6.07) is 0. The average Bonchev–Trinajstić information content (AvgIpc) is 3.06. The van der Waals surface area contributed by atoms with E-state index >= 15 is 0 Å². The van der Waals surface area contributed by atoms with Crippen molar-refractivity contribution in [2.45, 2.75) is 29.4 Å². The smallest absolute Gasteiger partial charge is 0.235 e. The zero-order valence-corrected chi connectivity index (χ0v) is 12.6. The Kier molecular flexibility index (Phi) is 5.21. The van der Waals surface area contributed by atoms with E-state index in [2.05, 4.69) is 22.1 Å². The summed E-state index contributed by atoms with van der Waals surface area (Å²) >= 11 is 2.95. The first-order chi connectivity index (χ1) is 9.20. The molecule has 1 atom stereocenters. The van der Waals surface area contributed by atoms with Crippen LogP contribution in [-0.2, 0) is 4.79 Å². The first kappa shape index (κ1) is 14.3. The molecule has 19 heavy (non-hydrogen) atoms. The van der Waals surface area contributed by atoms with E-state index in [1.165, 1.54) is 23.1 Å². The van der Waals surface area contributed by atoms with Crippen LogP contribution in [-0.4, -0.2) is 45.9 Å². The number of nitrogens with one attached hydrogen (secondary N) is 1. The van der Waals surface area contributed by atoms with Crippen LogP contribution in [0.3, 0.4) is 0 Å². The van der Waals surface area contributed by atoms with Crippen LogP contribution in [0, 0.1) is 0 Å². The summed E-state index contributed by atoms with van der Waals surface area (Å²) in [7, 11) is 0. The fourth-order valence-corrected chi connectivity index (χ4v) is 3.87. The minimum Gasteiger partial charge on any atom is -0.357 e. The molecular formula is C12H18N4OS2. The molecule has 0 spiro atoms. The van der Waals surface area contributed by atoms with Crippen molar-refractivity contribution in [3.8, 4) is 0 Å². The van der Waals surface area contributed by atoms with Crippen LogP contribution in [0.5, 0.6) is 0 Å². The predicted molar refractivity (Wildman–Crippen MR) is 79.7 cm³/mol. The number of anilines is 1. The highest BCUT2D eigenvalue weighted by molar-refractivity contribution is 8.02. The van der Waals surface area contributed by atoms with E-state index < -0.39 is 0 Å². The van der Waals surface area contributed by atoms with E-state index in [-0.39, 0.29) is 11.2 Å². The third-order valence-electron chi connectivity index (χ3n) is 2.85. The number of aromatic nitrogens is 2. The number of carbonyl (C=O) groups excluding carboxylic acids is 1. The quantitative estimate of drug-likeness (QED) is 0.645. The monoisotopic (exact) mass is 298 g/mol. The van der Waals surface area contributed by atoms with E-state index in [0.29, 0.717) is 6.54 Å². The SMILES string of the molecule is C=CCNc1nnc(S[C@H](C)C(=O)N2CCCC2)s1. The molecule has 1 N–H and O–H groups in total. The summed E-state index contributed by atoms with van der Waals surface area (Å²) in [6.45, 7) is 8.03. The van der Waals surface area contributed by atoms with Gasteiger partial charge in [-0.05, 0) is 19.8 Å². The van der Waals surface area contributed by atoms with Gasteiger partial charge in [-0.25, -0.2) is 0 Å². The molecule has 7 heteroatoms. The summed E-state index contributed by atoms with van der Waals surface area (Å²) in [5.41, 5.74) is 0. The Morgan fingerprint density at radius 3 is 3.00 bits per heavy atom. The van der Waals surface area contributed by atoms with Crippen LogP contribution in [0.1, 0.15) is 19.8 Å². The Bertz CT molecular complexity index is 443. The normalized spacial score (nSPS) is 16.4. The molecule has 104 valence electrons. The van der Waals surface area contributed by atoms with Crippen molar-refractivity contribution >= 4 is 34.1 Å². The molecule has 0 aromatic carbocycles. The van der Waals surface area contributed by atoms with Crippen LogP contribution in [0.15, 0.2) is 17.0 Å². The van der Waals surface area contributed by atoms with Gasteiger partial charge in [0, 0.05) is 19.6 Å². The minimum atomic E-state index is -0.0988. The van der Waals surface area contributed by atoms with Gasteiger partial charge in [0.25, 0.3) is 0 Å². The first-order valence-electron chi connectivity index (χ1n) is 6.34. The molecule has 1 fully saturated rings. The largest absolute Gasteiger partial charge is 0.357 e. The Morgan fingerprint density at radius 1 is 1.58 bits per heavy atom. The number of hydrogen-bond acceptors (Lipinski definition) is 6. The number of nitrogens with zero attached hydrogens (tertiary/aromatic N) is 3. The number of amides is 1. The van der Waals surface area contributed by atoms with E-state index in [0.717, 1.165) is 35.4 Å². The van der Waals surface area contributed by atoms with Gasteiger partial charge in [0.15, 0.2) is 4.34 Å². The van der Waals surface area contributed by atoms with Gasteiger partial charge in [-0.15, -0.1) is 16.8 Å². The number of likely N-dealkylation sites (tertiary alicyclic amines) is 1. The summed E-state index contributed by atoms with van der Waals surface area (Å²) in [5.74, 6) is 0.207. The number of rotatable bonds is 6. The summed E-state index contributed by atoms with van der Waals surface area (Å²) in [6.07, 6.45) is 4.02. The lowest BCUT2D eigenvalue weighted by molar-refractivity contribution is -0.129. The lowest BCUT2D eigenvalue weighted by Gasteiger charge is -2.18. The van der Waals surface area contributed by atoms with Gasteiger partial charge in [0.1, 0.15) is 0 Å². The van der Waals surface area contributed by atoms with Crippen molar-refractivity contribution in [3.63, 3.8) is 0 Å². The molecule has 0 radical (unpaired) electrons. The molecule has 0 bridgehead atoms. The fourth-order valence-electron chi connectivity index (χ4n) is 1.88. The number of carbonyl (C=O) groups is 1. The number of hydrogen-bond donors (Lipinski definition) is 1. The second-order valence-corrected chi connectivity index (χ2v) is 6.90. The Hall–Kier alpha value is -1.08. The lowest BCUT2D eigenvalue weighted by Crippen LogP contribution is -2.33. The van der Waals surface area contributed by atoms with Crippen molar-refractivity contribution in [1.82, 2.24) is 15.1 Å². The standard InChI is InChI=1S/C12H18N4OS2/c1-3-6-13-11-14-15-12(19-11)18-9(2)10(17)16-7-4-5-8-16/h3,9H,1,4-8H2,2H3,(H,13,14)/t9-/m1/s1. The molecule has 5 nitrogen and oxygen atoms in total. The molecule has 1 aromatic rings. The van der Waals surface area contributed by atoms with Crippen LogP contribution >= 0.6 is 23.1 Å². The topological polar surface area (TPSA) is 58.1 Å². The van der Waals surface area contributed by atoms with Gasteiger partial charge >= 0.3 is 0 Å². The molecule has 1 amide bonds. The van der Waals surface area contributed by atoms with Crippen molar-refractivity contribution in [1.29, 1.82) is 0 Å². The molecule has 1 aliphatic rings. The van der Waals surface area contributed by atoms with Gasteiger partial charge < -0.3 is 10.2 Å². The van der Waals surface area contributed by atoms with E-state index in [9.17, 15) is 4.79 Å². The third-order valence-corrected chi connectivity index (χ3v) is 4.90. The van der Waals surface area contributed by atoms with Crippen molar-refractivity contribution in [3.05, 3.63) is 12.7 Å². The highest BCUT2D eigenvalue weighted by atomic mass is 32.2. The maximum absolute atomic E-state index is 12.2. The molecule has 1 aliphatic heterocycles. The first-order valence-corrected chi connectivity index (χ1v) is 8.04. The molecule has 0 aliphatic carbocycles. The maximum Gasteiger partial charge on any atom is 0.235 e. The lowest BCUT2D eigenvalue weighted by atomic mass is 10.4. The molecule has 1 saturated heterocycles. The van der Waals surface area contributed by atoms with E-state index in [1.807, 2.05) is 11.8 Å². The van der Waals surface area contributed by atoms with Crippen LogP contribution in [0.25, 0.3) is 0 Å². The minimum absolute atomic E-state index is 0.0988. The second kappa shape index (κ2) is 6.91. The highest BCUT2D eigenvalue weighted by Gasteiger charge is 2.24. The average molecular weight is 298 g/mol. The molecule has 1 aromatic heterocycles. The summed E-state index contributed by atoms with van der Waals surface area (Å²) in [5, 5.41) is 11.9. The van der Waals surface area contributed by atoms with E-state index in [4.69, 9.17) is 0 Å². The molecule has 0 saturated carbocycles. The molecule has 0 unspecified atom stereocenters. The van der Waals surface area contributed by atoms with Crippen molar-refractivity contribution < 1.29 is 4.79 Å². The maximum atomic E-state index is 12.2. The van der Waals surface area contributed by atoms with Crippen LogP contribution < -0.4 is 5.32 Å². The van der Waals surface area contributed by atoms with E-state index in [1.54, 1.807) is 6.08 Å². The fraction of sp³-hybridized carbons (Fsp3) is 0.583. The molecular weight excluding hydrogens is 280 g/mol. The Balaban J connectivity index is 1.87. The van der Waals surface area contributed by atoms with Crippen LogP contribution in [0.2, 0.25) is 0 Å². The third kappa shape index (κ3) is 3.94. The van der Waals surface area contributed by atoms with Gasteiger partial charge in [-0.2, -0.15) is 0 Å². The second-order valence-electron chi connectivity index (χ2n) is 4.34. The van der Waals surface area contributed by atoms with Gasteiger partial charge in [0.2, 0.25) is 11.0 Å². The molecule has 2 heterocycles. The zero-order valence-electron chi connectivity index (χ0n) is 11.0. The Labute approximate surface area is 121 Å². The van der Waals surface area contributed by atoms with Gasteiger partial charge in [-0.3, -0.25) is 4.79 Å². The number of thioether (sulfide) groups is 1. The predicted octanol–water partition coefficient (Wildman–Crippen LogP) is 2.24. The Morgan fingerprint density at radius 2 is 2.32 bits per heavy atom. The van der Waals surface area contributed by atoms with Gasteiger partial charge in [0.05, 0.1) is 5.25 Å². The van der Waals surface area contributed by atoms with Gasteiger partial charge in [-0.1, -0.05) is 29.2 Å². The van der Waals surface area contributed by atoms with Crippen molar-refractivity contribution in [2.75, 3.05) is 25.0 Å². The highest BCUT2D eigenvalue weighted by Crippen LogP contribution is 2.30.